The highest BCUT2D eigenvalue weighted by molar-refractivity contribution is 4.81. The van der Waals surface area contributed by atoms with Crippen LogP contribution >= 0.6 is 0 Å². The van der Waals surface area contributed by atoms with Gasteiger partial charge in [-0.15, -0.1) is 0 Å². The van der Waals surface area contributed by atoms with Crippen LogP contribution in [0.2, 0.25) is 0 Å². The Kier molecular flexibility index (Phi) is 18.2. The quantitative estimate of drug-likeness (QED) is 0.103. The van der Waals surface area contributed by atoms with Gasteiger partial charge in [-0.3, -0.25) is 0 Å². The average molecular weight is 413 g/mol. The largest absolute Gasteiger partial charge is 0.343 e. The van der Waals surface area contributed by atoms with Gasteiger partial charge in [-0.25, -0.2) is 0 Å². The first-order valence-corrected chi connectivity index (χ1v) is 12.6. The maximum atomic E-state index is 9.31. The van der Waals surface area contributed by atoms with E-state index in [1.807, 2.05) is 0 Å². The second-order valence-electron chi connectivity index (χ2n) is 9.62. The standard InChI is InChI=1S/C26H52O3/c1-4-5-6-7-8-9-10-11-12-13-14-15-16-17-18-19-20-21-22-23-24-25(2,3)26(27,28)29/h11-12,27-29H,4-10,13-24H2,1-3H3/b12-11-. The molecule has 0 bridgehead atoms. The van der Waals surface area contributed by atoms with E-state index >= 15 is 0 Å². The Morgan fingerprint density at radius 1 is 0.517 bits per heavy atom. The summed E-state index contributed by atoms with van der Waals surface area (Å²) >= 11 is 0. The highest BCUT2D eigenvalue weighted by Gasteiger charge is 2.39. The fourth-order valence-corrected chi connectivity index (χ4v) is 3.69. The fourth-order valence-electron chi connectivity index (χ4n) is 3.69. The van der Waals surface area contributed by atoms with E-state index in [0.717, 1.165) is 12.8 Å². The first-order valence-electron chi connectivity index (χ1n) is 12.6. The molecule has 0 heterocycles. The molecule has 174 valence electrons. The average Bonchev–Trinajstić information content (AvgIpc) is 2.65. The molecule has 0 aromatic heterocycles. The summed E-state index contributed by atoms with van der Waals surface area (Å²) in [7, 11) is 0. The lowest BCUT2D eigenvalue weighted by atomic mass is 9.84. The molecular formula is C26H52O3. The highest BCUT2D eigenvalue weighted by Crippen LogP contribution is 2.32. The molecule has 29 heavy (non-hydrogen) atoms. The topological polar surface area (TPSA) is 60.7 Å². The summed E-state index contributed by atoms with van der Waals surface area (Å²) in [6.07, 6.45) is 28.8. The van der Waals surface area contributed by atoms with Crippen molar-refractivity contribution in [2.45, 2.75) is 149 Å². The molecule has 0 aliphatic rings. The number of hydrogen-bond acceptors (Lipinski definition) is 3. The molecule has 0 saturated heterocycles. The van der Waals surface area contributed by atoms with E-state index in [4.69, 9.17) is 0 Å². The van der Waals surface area contributed by atoms with E-state index in [0.29, 0.717) is 6.42 Å². The van der Waals surface area contributed by atoms with Gasteiger partial charge in [0.25, 0.3) is 5.97 Å². The summed E-state index contributed by atoms with van der Waals surface area (Å²) in [5.74, 6) is -2.57. The number of hydrogen-bond donors (Lipinski definition) is 3. The van der Waals surface area contributed by atoms with Crippen molar-refractivity contribution in [3.63, 3.8) is 0 Å². The SMILES string of the molecule is CCCCCCCC/C=C\CCCCCCCCCCCCC(C)(C)C(O)(O)O. The minimum atomic E-state index is -2.57. The van der Waals surface area contributed by atoms with Crippen LogP contribution in [0.25, 0.3) is 0 Å². The summed E-state index contributed by atoms with van der Waals surface area (Å²) in [5.41, 5.74) is -0.865. The fraction of sp³-hybridized carbons (Fsp3) is 0.923. The number of aliphatic hydroxyl groups is 3. The van der Waals surface area contributed by atoms with Crippen LogP contribution in [0.1, 0.15) is 143 Å². The second kappa shape index (κ2) is 18.4. The van der Waals surface area contributed by atoms with E-state index < -0.39 is 11.4 Å². The van der Waals surface area contributed by atoms with Crippen LogP contribution in [-0.4, -0.2) is 21.3 Å². The highest BCUT2D eigenvalue weighted by atomic mass is 16.7. The zero-order valence-corrected chi connectivity index (χ0v) is 19.9. The first kappa shape index (κ1) is 28.6. The Morgan fingerprint density at radius 3 is 1.24 bits per heavy atom. The Bertz CT molecular complexity index is 369. The molecule has 0 atom stereocenters. The lowest BCUT2D eigenvalue weighted by molar-refractivity contribution is -0.368. The predicted octanol–water partition coefficient (Wildman–Crippen LogP) is 7.63. The summed E-state index contributed by atoms with van der Waals surface area (Å²) < 4.78 is 0. The van der Waals surface area contributed by atoms with Crippen molar-refractivity contribution in [3.05, 3.63) is 12.2 Å². The van der Waals surface area contributed by atoms with Crippen molar-refractivity contribution in [2.24, 2.45) is 5.41 Å². The Hall–Kier alpha value is -0.380. The molecule has 3 nitrogen and oxygen atoms in total. The van der Waals surface area contributed by atoms with Crippen molar-refractivity contribution in [1.82, 2.24) is 0 Å². The van der Waals surface area contributed by atoms with Gasteiger partial charge in [0, 0.05) is 5.41 Å². The van der Waals surface area contributed by atoms with Crippen LogP contribution in [0, 0.1) is 5.41 Å². The van der Waals surface area contributed by atoms with E-state index in [1.54, 1.807) is 13.8 Å². The molecular weight excluding hydrogens is 360 g/mol. The molecule has 0 aromatic rings. The molecule has 0 unspecified atom stereocenters. The Morgan fingerprint density at radius 2 is 0.862 bits per heavy atom. The van der Waals surface area contributed by atoms with Crippen LogP contribution in [0.4, 0.5) is 0 Å². The predicted molar refractivity (Wildman–Crippen MR) is 126 cm³/mol. The van der Waals surface area contributed by atoms with Gasteiger partial charge in [0.2, 0.25) is 0 Å². The van der Waals surface area contributed by atoms with E-state index in [2.05, 4.69) is 19.1 Å². The molecule has 0 fully saturated rings. The monoisotopic (exact) mass is 412 g/mol. The van der Waals surface area contributed by atoms with Gasteiger partial charge in [-0.05, 0) is 32.1 Å². The summed E-state index contributed by atoms with van der Waals surface area (Å²) in [6.45, 7) is 5.66. The van der Waals surface area contributed by atoms with Crippen LogP contribution in [-0.2, 0) is 0 Å². The van der Waals surface area contributed by atoms with E-state index in [1.165, 1.54) is 103 Å². The van der Waals surface area contributed by atoms with Crippen LogP contribution in [0.3, 0.4) is 0 Å². The lowest BCUT2D eigenvalue weighted by Gasteiger charge is -2.33. The summed E-state index contributed by atoms with van der Waals surface area (Å²) in [4.78, 5) is 0. The molecule has 0 aromatic carbocycles. The van der Waals surface area contributed by atoms with Gasteiger partial charge >= 0.3 is 0 Å². The molecule has 0 radical (unpaired) electrons. The molecule has 3 N–H and O–H groups in total. The van der Waals surface area contributed by atoms with Gasteiger partial charge < -0.3 is 15.3 Å². The van der Waals surface area contributed by atoms with Crippen LogP contribution in [0.15, 0.2) is 12.2 Å². The third-order valence-electron chi connectivity index (χ3n) is 6.22. The Labute approximate surface area is 182 Å². The number of unbranched alkanes of at least 4 members (excludes halogenated alkanes) is 16. The third kappa shape index (κ3) is 18.1. The molecule has 0 saturated carbocycles. The van der Waals surface area contributed by atoms with Crippen molar-refractivity contribution >= 4 is 0 Å². The van der Waals surface area contributed by atoms with Crippen molar-refractivity contribution in [2.75, 3.05) is 0 Å². The molecule has 0 aliphatic carbocycles. The second-order valence-corrected chi connectivity index (χ2v) is 9.62. The molecule has 0 rings (SSSR count). The van der Waals surface area contributed by atoms with Crippen LogP contribution < -0.4 is 0 Å². The zero-order chi connectivity index (χ0) is 21.8. The van der Waals surface area contributed by atoms with Crippen molar-refractivity contribution in [3.8, 4) is 0 Å². The van der Waals surface area contributed by atoms with Gasteiger partial charge in [-0.1, -0.05) is 123 Å². The maximum absolute atomic E-state index is 9.31. The summed E-state index contributed by atoms with van der Waals surface area (Å²) in [6, 6.07) is 0. The van der Waals surface area contributed by atoms with Crippen molar-refractivity contribution in [1.29, 1.82) is 0 Å². The first-order chi connectivity index (χ1) is 13.8. The van der Waals surface area contributed by atoms with E-state index in [-0.39, 0.29) is 0 Å². The zero-order valence-electron chi connectivity index (χ0n) is 19.9. The number of rotatable bonds is 21. The minimum Gasteiger partial charge on any atom is -0.343 e. The third-order valence-corrected chi connectivity index (χ3v) is 6.22. The smallest absolute Gasteiger partial charge is 0.280 e. The number of allylic oxidation sites excluding steroid dienone is 2. The normalized spacial score (nSPS) is 12.9. The van der Waals surface area contributed by atoms with Gasteiger partial charge in [-0.2, -0.15) is 0 Å². The maximum Gasteiger partial charge on any atom is 0.280 e. The lowest BCUT2D eigenvalue weighted by Crippen LogP contribution is -2.44. The van der Waals surface area contributed by atoms with Crippen molar-refractivity contribution < 1.29 is 15.3 Å². The van der Waals surface area contributed by atoms with Gasteiger partial charge in [0.15, 0.2) is 0 Å². The van der Waals surface area contributed by atoms with Gasteiger partial charge in [0.05, 0.1) is 0 Å². The van der Waals surface area contributed by atoms with E-state index in [9.17, 15) is 15.3 Å². The molecule has 3 heteroatoms. The van der Waals surface area contributed by atoms with Gasteiger partial charge in [0.1, 0.15) is 0 Å². The molecule has 0 aliphatic heterocycles. The molecule has 0 spiro atoms. The Balaban J connectivity index is 3.25. The summed E-state index contributed by atoms with van der Waals surface area (Å²) in [5, 5.41) is 27.9. The minimum absolute atomic E-state index is 0.629. The molecule has 0 amide bonds. The van der Waals surface area contributed by atoms with Crippen LogP contribution in [0.5, 0.6) is 0 Å².